The average Bonchev–Trinajstić information content (AvgIpc) is 3.22. The molecule has 2 heterocycles. The van der Waals surface area contributed by atoms with Crippen LogP contribution in [0.25, 0.3) is 10.8 Å². The van der Waals surface area contributed by atoms with Crippen LogP contribution in [0.15, 0.2) is 42.5 Å². The summed E-state index contributed by atoms with van der Waals surface area (Å²) in [6.45, 7) is 1.77. The second kappa shape index (κ2) is 8.19. The molecule has 2 fully saturated rings. The lowest BCUT2D eigenvalue weighted by Crippen LogP contribution is -2.44. The van der Waals surface area contributed by atoms with Crippen molar-refractivity contribution in [3.05, 3.63) is 42.5 Å². The molecule has 6 heteroatoms. The summed E-state index contributed by atoms with van der Waals surface area (Å²) in [6.07, 6.45) is 1.91. The van der Waals surface area contributed by atoms with Gasteiger partial charge in [0.15, 0.2) is 6.61 Å². The van der Waals surface area contributed by atoms with Crippen molar-refractivity contribution in [1.82, 2.24) is 4.90 Å². The lowest BCUT2D eigenvalue weighted by Gasteiger charge is -2.35. The first kappa shape index (κ1) is 18.7. The molecule has 6 nitrogen and oxygen atoms in total. The van der Waals surface area contributed by atoms with E-state index in [1.54, 1.807) is 0 Å². The molecule has 4 rings (SSSR count). The Balaban J connectivity index is 1.28. The Kier molecular flexibility index (Phi) is 5.48. The van der Waals surface area contributed by atoms with Gasteiger partial charge in [-0.25, -0.2) is 0 Å². The average molecular weight is 383 g/mol. The highest BCUT2D eigenvalue weighted by Gasteiger charge is 2.40. The van der Waals surface area contributed by atoms with E-state index in [1.165, 1.54) is 0 Å². The van der Waals surface area contributed by atoms with Crippen molar-refractivity contribution >= 4 is 22.6 Å². The Morgan fingerprint density at radius 2 is 1.82 bits per heavy atom. The molecule has 2 aliphatic rings. The van der Waals surface area contributed by atoms with Crippen molar-refractivity contribution in [3.8, 4) is 5.75 Å². The van der Waals surface area contributed by atoms with Crippen LogP contribution in [-0.4, -0.2) is 54.3 Å². The highest BCUT2D eigenvalue weighted by atomic mass is 16.5. The first-order valence-corrected chi connectivity index (χ1v) is 9.85. The monoisotopic (exact) mass is 383 g/mol. The molecule has 0 aromatic heterocycles. The van der Waals surface area contributed by atoms with Gasteiger partial charge in [-0.2, -0.15) is 0 Å². The summed E-state index contributed by atoms with van der Waals surface area (Å²) in [4.78, 5) is 25.7. The highest BCUT2D eigenvalue weighted by Crippen LogP contribution is 2.33. The van der Waals surface area contributed by atoms with E-state index in [0.717, 1.165) is 23.6 Å². The number of carboxylic acids is 1. The Morgan fingerprint density at radius 3 is 2.57 bits per heavy atom. The molecule has 0 spiro atoms. The fraction of sp³-hybridized carbons (Fsp3) is 0.455. The van der Waals surface area contributed by atoms with Crippen molar-refractivity contribution in [2.45, 2.75) is 25.4 Å². The number of likely N-dealkylation sites (tertiary alicyclic amines) is 1. The third kappa shape index (κ3) is 3.97. The quantitative estimate of drug-likeness (QED) is 0.859. The molecule has 0 radical (unpaired) electrons. The van der Waals surface area contributed by atoms with Crippen LogP contribution >= 0.6 is 0 Å². The van der Waals surface area contributed by atoms with Crippen LogP contribution in [0.4, 0.5) is 0 Å². The second-order valence-corrected chi connectivity index (χ2v) is 7.58. The van der Waals surface area contributed by atoms with Crippen LogP contribution in [-0.2, 0) is 14.3 Å². The number of hydrogen-bond acceptors (Lipinski definition) is 4. The Morgan fingerprint density at radius 1 is 1.07 bits per heavy atom. The zero-order chi connectivity index (χ0) is 19.5. The molecule has 2 atom stereocenters. The van der Waals surface area contributed by atoms with E-state index >= 15 is 0 Å². The summed E-state index contributed by atoms with van der Waals surface area (Å²) >= 11 is 0. The van der Waals surface area contributed by atoms with Gasteiger partial charge in [0.1, 0.15) is 5.75 Å². The number of fused-ring (bicyclic) bond motifs is 1. The number of carbonyl (C=O) groups excluding carboxylic acids is 1. The van der Waals surface area contributed by atoms with Crippen molar-refractivity contribution in [2.75, 3.05) is 26.3 Å². The predicted molar refractivity (Wildman–Crippen MR) is 104 cm³/mol. The van der Waals surface area contributed by atoms with Crippen molar-refractivity contribution in [3.63, 3.8) is 0 Å². The normalized spacial score (nSPS) is 23.1. The number of carbonyl (C=O) groups is 2. The standard InChI is InChI=1S/C22H25NO5/c24-20(14-28-18-6-5-15-3-1-2-4-17(15)13-18)23-10-7-16(8-11-23)21-19(22(25)26)9-12-27-21/h1-6,13,16,19,21H,7-12,14H2,(H,25,26)/t19?,21-/m0/s1. The van der Waals surface area contributed by atoms with Gasteiger partial charge in [0, 0.05) is 19.7 Å². The lowest BCUT2D eigenvalue weighted by atomic mass is 9.84. The summed E-state index contributed by atoms with van der Waals surface area (Å²) in [6, 6.07) is 13.8. The summed E-state index contributed by atoms with van der Waals surface area (Å²) in [5.74, 6) is -0.332. The number of carboxylic acid groups (broad SMARTS) is 1. The number of aliphatic carboxylic acids is 1. The molecule has 1 amide bonds. The van der Waals surface area contributed by atoms with E-state index in [-0.39, 0.29) is 24.5 Å². The van der Waals surface area contributed by atoms with Crippen LogP contribution in [0.1, 0.15) is 19.3 Å². The minimum Gasteiger partial charge on any atom is -0.484 e. The summed E-state index contributed by atoms with van der Waals surface area (Å²) < 4.78 is 11.4. The number of amides is 1. The smallest absolute Gasteiger partial charge is 0.309 e. The molecule has 1 N–H and O–H groups in total. The molecule has 148 valence electrons. The van der Waals surface area contributed by atoms with Crippen molar-refractivity contribution < 1.29 is 24.2 Å². The number of ether oxygens (including phenoxy) is 2. The van der Waals surface area contributed by atoms with E-state index in [0.29, 0.717) is 31.9 Å². The van der Waals surface area contributed by atoms with E-state index < -0.39 is 11.9 Å². The number of benzene rings is 2. The number of piperidine rings is 1. The molecule has 0 bridgehead atoms. The first-order chi connectivity index (χ1) is 13.6. The van der Waals surface area contributed by atoms with Gasteiger partial charge in [0.25, 0.3) is 5.91 Å². The second-order valence-electron chi connectivity index (χ2n) is 7.58. The molecule has 1 unspecified atom stereocenters. The molecule has 0 saturated carbocycles. The van der Waals surface area contributed by atoms with Gasteiger partial charge in [0.2, 0.25) is 0 Å². The topological polar surface area (TPSA) is 76.1 Å². The Bertz CT molecular complexity index is 859. The molecule has 0 aliphatic carbocycles. The SMILES string of the molecule is O=C(O)C1CCO[C@H]1C1CCN(C(=O)COc2ccc3ccccc3c2)CC1. The number of hydrogen-bond donors (Lipinski definition) is 1. The minimum absolute atomic E-state index is 0.0146. The van der Waals surface area contributed by atoms with E-state index in [9.17, 15) is 14.7 Å². The molecule has 2 aliphatic heterocycles. The van der Waals surface area contributed by atoms with E-state index in [4.69, 9.17) is 9.47 Å². The minimum atomic E-state index is -0.773. The van der Waals surface area contributed by atoms with Gasteiger partial charge in [-0.3, -0.25) is 9.59 Å². The Labute approximate surface area is 164 Å². The van der Waals surface area contributed by atoms with Gasteiger partial charge < -0.3 is 19.5 Å². The number of nitrogens with zero attached hydrogens (tertiary/aromatic N) is 1. The zero-order valence-electron chi connectivity index (χ0n) is 15.8. The summed E-state index contributed by atoms with van der Waals surface area (Å²) in [5, 5.41) is 11.6. The third-order valence-electron chi connectivity index (χ3n) is 5.89. The maximum atomic E-state index is 12.5. The largest absolute Gasteiger partial charge is 0.484 e. The van der Waals surface area contributed by atoms with Crippen LogP contribution < -0.4 is 4.74 Å². The van der Waals surface area contributed by atoms with E-state index in [2.05, 4.69) is 0 Å². The predicted octanol–water partition coefficient (Wildman–Crippen LogP) is 2.95. The van der Waals surface area contributed by atoms with Gasteiger partial charge >= 0.3 is 5.97 Å². The molecular formula is C22H25NO5. The fourth-order valence-corrected chi connectivity index (χ4v) is 4.31. The van der Waals surface area contributed by atoms with Gasteiger partial charge in [-0.1, -0.05) is 30.3 Å². The zero-order valence-corrected chi connectivity index (χ0v) is 15.8. The molecule has 28 heavy (non-hydrogen) atoms. The third-order valence-corrected chi connectivity index (χ3v) is 5.89. The van der Waals surface area contributed by atoms with Gasteiger partial charge in [-0.05, 0) is 48.1 Å². The summed E-state index contributed by atoms with van der Waals surface area (Å²) in [5.41, 5.74) is 0. The Hall–Kier alpha value is -2.60. The molecule has 2 aromatic rings. The maximum absolute atomic E-state index is 12.5. The summed E-state index contributed by atoms with van der Waals surface area (Å²) in [7, 11) is 0. The first-order valence-electron chi connectivity index (χ1n) is 9.85. The van der Waals surface area contributed by atoms with Crippen LogP contribution in [0, 0.1) is 11.8 Å². The highest BCUT2D eigenvalue weighted by molar-refractivity contribution is 5.84. The molecule has 2 aromatic carbocycles. The van der Waals surface area contributed by atoms with E-state index in [1.807, 2.05) is 47.4 Å². The van der Waals surface area contributed by atoms with Crippen LogP contribution in [0.3, 0.4) is 0 Å². The molecular weight excluding hydrogens is 358 g/mol. The van der Waals surface area contributed by atoms with Crippen LogP contribution in [0.5, 0.6) is 5.75 Å². The molecule has 2 saturated heterocycles. The number of rotatable bonds is 5. The maximum Gasteiger partial charge on any atom is 0.309 e. The van der Waals surface area contributed by atoms with Crippen molar-refractivity contribution in [2.24, 2.45) is 11.8 Å². The lowest BCUT2D eigenvalue weighted by molar-refractivity contribution is -0.146. The van der Waals surface area contributed by atoms with Gasteiger partial charge in [-0.15, -0.1) is 0 Å². The van der Waals surface area contributed by atoms with Crippen molar-refractivity contribution in [1.29, 1.82) is 0 Å². The van der Waals surface area contributed by atoms with Crippen LogP contribution in [0.2, 0.25) is 0 Å². The van der Waals surface area contributed by atoms with Gasteiger partial charge in [0.05, 0.1) is 12.0 Å². The fourth-order valence-electron chi connectivity index (χ4n) is 4.31.